The Balaban J connectivity index is 1.86. The van der Waals surface area contributed by atoms with Gasteiger partial charge in [-0.15, -0.1) is 0 Å². The molecule has 130 valence electrons. The fourth-order valence-electron chi connectivity index (χ4n) is 3.36. The summed E-state index contributed by atoms with van der Waals surface area (Å²) in [6.45, 7) is 9.80. The summed E-state index contributed by atoms with van der Waals surface area (Å²) in [6.07, 6.45) is 3.80. The third-order valence-corrected chi connectivity index (χ3v) is 4.55. The van der Waals surface area contributed by atoms with Crippen LogP contribution in [0.4, 0.5) is 0 Å². The normalized spacial score (nSPS) is 18.4. The lowest BCUT2D eigenvalue weighted by atomic mass is 9.74. The molecule has 1 saturated heterocycles. The molecule has 4 nitrogen and oxygen atoms in total. The van der Waals surface area contributed by atoms with Gasteiger partial charge in [-0.2, -0.15) is 0 Å². The summed E-state index contributed by atoms with van der Waals surface area (Å²) in [4.78, 5) is 18.9. The van der Waals surface area contributed by atoms with E-state index in [0.717, 1.165) is 12.4 Å². The molecule has 0 saturated carbocycles. The quantitative estimate of drug-likeness (QED) is 0.805. The van der Waals surface area contributed by atoms with E-state index in [1.165, 1.54) is 5.56 Å². The van der Waals surface area contributed by atoms with Crippen LogP contribution < -0.4 is 0 Å². The summed E-state index contributed by atoms with van der Waals surface area (Å²) in [6, 6.07) is 10.3. The second-order valence-corrected chi connectivity index (χ2v) is 7.65. The highest BCUT2D eigenvalue weighted by molar-refractivity contribution is 5.94. The largest absolute Gasteiger partial charge is 0.329 e. The van der Waals surface area contributed by atoms with Crippen LogP contribution in [0.5, 0.6) is 0 Å². The number of rotatable bonds is 3. The first-order chi connectivity index (χ1) is 11.9. The van der Waals surface area contributed by atoms with Gasteiger partial charge in [-0.25, -0.2) is 4.98 Å². The van der Waals surface area contributed by atoms with Crippen LogP contribution in [0, 0.1) is 23.2 Å². The monoisotopic (exact) mass is 335 g/mol. The molecule has 3 rings (SSSR count). The third-order valence-electron chi connectivity index (χ3n) is 4.55. The van der Waals surface area contributed by atoms with E-state index in [1.54, 1.807) is 0 Å². The number of imidazole rings is 1. The van der Waals surface area contributed by atoms with Crippen molar-refractivity contribution in [2.45, 2.75) is 40.3 Å². The third kappa shape index (κ3) is 3.61. The zero-order valence-corrected chi connectivity index (χ0v) is 15.4. The number of amides is 1. The predicted octanol–water partition coefficient (Wildman–Crippen LogP) is 3.50. The molecule has 4 heteroatoms. The fraction of sp³-hybridized carbons (Fsp3) is 0.429. The molecule has 1 aromatic heterocycles. The van der Waals surface area contributed by atoms with Crippen molar-refractivity contribution in [3.8, 4) is 11.8 Å². The highest BCUT2D eigenvalue weighted by atomic mass is 16.2. The summed E-state index contributed by atoms with van der Waals surface area (Å²) >= 11 is 0. The molecule has 1 aromatic carbocycles. The summed E-state index contributed by atoms with van der Waals surface area (Å²) in [5, 5.41) is 0. The minimum Gasteiger partial charge on any atom is -0.329 e. The minimum atomic E-state index is -0.104. The molecule has 1 atom stereocenters. The average molecular weight is 335 g/mol. The van der Waals surface area contributed by atoms with E-state index < -0.39 is 0 Å². The molecule has 0 N–H and O–H groups in total. The number of benzene rings is 1. The molecule has 0 aliphatic carbocycles. The molecular formula is C21H25N3O. The topological polar surface area (TPSA) is 38.1 Å². The van der Waals surface area contributed by atoms with Crippen LogP contribution in [-0.4, -0.2) is 26.9 Å². The Morgan fingerprint density at radius 1 is 1.32 bits per heavy atom. The van der Waals surface area contributed by atoms with Crippen molar-refractivity contribution in [2.24, 2.45) is 11.3 Å². The second-order valence-electron chi connectivity index (χ2n) is 7.65. The van der Waals surface area contributed by atoms with Gasteiger partial charge in [0.2, 0.25) is 0 Å². The number of carbonyl (C=O) groups excluding carboxylic acids is 1. The lowest BCUT2D eigenvalue weighted by Crippen LogP contribution is -2.58. The first kappa shape index (κ1) is 17.3. The van der Waals surface area contributed by atoms with E-state index in [2.05, 4.69) is 47.4 Å². The van der Waals surface area contributed by atoms with Gasteiger partial charge in [0.1, 0.15) is 5.82 Å². The molecule has 1 unspecified atom stereocenters. The molecule has 1 amide bonds. The maximum atomic E-state index is 12.5. The van der Waals surface area contributed by atoms with Gasteiger partial charge >= 0.3 is 0 Å². The molecule has 25 heavy (non-hydrogen) atoms. The molecular weight excluding hydrogens is 310 g/mol. The summed E-state index contributed by atoms with van der Waals surface area (Å²) in [5.41, 5.74) is 1.21. The molecule has 0 bridgehead atoms. The van der Waals surface area contributed by atoms with Gasteiger partial charge in [-0.3, -0.25) is 4.79 Å². The second kappa shape index (κ2) is 6.76. The van der Waals surface area contributed by atoms with Gasteiger partial charge in [-0.1, -0.05) is 63.9 Å². The van der Waals surface area contributed by atoms with E-state index in [0.29, 0.717) is 6.54 Å². The Labute approximate surface area is 149 Å². The highest BCUT2D eigenvalue weighted by Crippen LogP contribution is 2.47. The first-order valence-corrected chi connectivity index (χ1v) is 8.75. The van der Waals surface area contributed by atoms with E-state index >= 15 is 0 Å². The van der Waals surface area contributed by atoms with Crippen LogP contribution >= 0.6 is 0 Å². The molecule has 0 spiro atoms. The average Bonchev–Trinajstić information content (AvgIpc) is 2.99. The first-order valence-electron chi connectivity index (χ1n) is 8.75. The molecule has 1 fully saturated rings. The smallest absolute Gasteiger partial charge is 0.299 e. The SMILES string of the molecule is CC(C)C#CC(=O)N1CC(C)(C)C1c1nccn1Cc1ccccc1. The maximum absolute atomic E-state index is 12.5. The van der Waals surface area contributed by atoms with E-state index in [1.807, 2.05) is 49.3 Å². The zero-order valence-electron chi connectivity index (χ0n) is 15.4. The molecule has 2 heterocycles. The Morgan fingerprint density at radius 3 is 2.68 bits per heavy atom. The van der Waals surface area contributed by atoms with Crippen molar-refractivity contribution < 1.29 is 4.79 Å². The van der Waals surface area contributed by atoms with Crippen molar-refractivity contribution in [1.29, 1.82) is 0 Å². The van der Waals surface area contributed by atoms with Crippen LogP contribution in [0.25, 0.3) is 0 Å². The number of hydrogen-bond acceptors (Lipinski definition) is 2. The van der Waals surface area contributed by atoms with Crippen LogP contribution in [0.1, 0.15) is 45.1 Å². The Bertz CT molecular complexity index is 808. The molecule has 1 aliphatic rings. The van der Waals surface area contributed by atoms with Gasteiger partial charge < -0.3 is 9.47 Å². The van der Waals surface area contributed by atoms with Crippen molar-refractivity contribution >= 4 is 5.91 Å². The summed E-state index contributed by atoms with van der Waals surface area (Å²) in [7, 11) is 0. The van der Waals surface area contributed by atoms with Crippen LogP contribution in [0.15, 0.2) is 42.7 Å². The van der Waals surface area contributed by atoms with Crippen molar-refractivity contribution in [3.63, 3.8) is 0 Å². The van der Waals surface area contributed by atoms with E-state index in [9.17, 15) is 4.79 Å². The number of hydrogen-bond donors (Lipinski definition) is 0. The standard InChI is InChI=1S/C21H25N3O/c1-16(2)10-11-18(25)24-15-21(3,4)19(24)20-22-12-13-23(20)14-17-8-6-5-7-9-17/h5-9,12-13,16,19H,14-15H2,1-4H3. The minimum absolute atomic E-state index is 0.00500. The molecule has 1 aliphatic heterocycles. The maximum Gasteiger partial charge on any atom is 0.299 e. The Kier molecular flexibility index (Phi) is 4.67. The lowest BCUT2D eigenvalue weighted by molar-refractivity contribution is -0.146. The summed E-state index contributed by atoms with van der Waals surface area (Å²) in [5.74, 6) is 6.77. The molecule has 2 aromatic rings. The van der Waals surface area contributed by atoms with Gasteiger partial charge in [0.15, 0.2) is 0 Å². The van der Waals surface area contributed by atoms with Crippen LogP contribution in [0.3, 0.4) is 0 Å². The predicted molar refractivity (Wildman–Crippen MR) is 98.6 cm³/mol. The zero-order chi connectivity index (χ0) is 18.0. The van der Waals surface area contributed by atoms with Gasteiger partial charge in [0, 0.05) is 36.8 Å². The van der Waals surface area contributed by atoms with E-state index in [4.69, 9.17) is 0 Å². The van der Waals surface area contributed by atoms with Crippen LogP contribution in [-0.2, 0) is 11.3 Å². The van der Waals surface area contributed by atoms with Crippen molar-refractivity contribution in [1.82, 2.24) is 14.5 Å². The Morgan fingerprint density at radius 2 is 2.04 bits per heavy atom. The van der Waals surface area contributed by atoms with Gasteiger partial charge in [0.25, 0.3) is 5.91 Å². The Hall–Kier alpha value is -2.54. The number of likely N-dealkylation sites (tertiary alicyclic amines) is 1. The number of aromatic nitrogens is 2. The summed E-state index contributed by atoms with van der Waals surface area (Å²) < 4.78 is 2.14. The lowest BCUT2D eigenvalue weighted by Gasteiger charge is -2.52. The number of nitrogens with zero attached hydrogens (tertiary/aromatic N) is 3. The van der Waals surface area contributed by atoms with Crippen LogP contribution in [0.2, 0.25) is 0 Å². The highest BCUT2D eigenvalue weighted by Gasteiger charge is 2.50. The van der Waals surface area contributed by atoms with Crippen molar-refractivity contribution in [3.05, 3.63) is 54.1 Å². The van der Waals surface area contributed by atoms with Crippen molar-refractivity contribution in [2.75, 3.05) is 6.54 Å². The van der Waals surface area contributed by atoms with E-state index in [-0.39, 0.29) is 23.3 Å². The fourth-order valence-corrected chi connectivity index (χ4v) is 3.36. The number of carbonyl (C=O) groups is 1. The van der Waals surface area contributed by atoms with Gasteiger partial charge in [0.05, 0.1) is 6.04 Å². The van der Waals surface area contributed by atoms with Gasteiger partial charge in [-0.05, 0) is 11.5 Å². The molecule has 0 radical (unpaired) electrons.